The molecule has 226 valence electrons. The van der Waals surface area contributed by atoms with Crippen molar-refractivity contribution in [1.82, 2.24) is 25.6 Å². The van der Waals surface area contributed by atoms with Gasteiger partial charge >= 0.3 is 0 Å². The smallest absolute Gasteiger partial charge is 0.197 e. The first-order valence-corrected chi connectivity index (χ1v) is 15.3. The molecule has 2 aromatic rings. The van der Waals surface area contributed by atoms with Gasteiger partial charge in [0.1, 0.15) is 22.3 Å². The van der Waals surface area contributed by atoms with E-state index in [0.29, 0.717) is 40.5 Å². The third-order valence-electron chi connectivity index (χ3n) is 8.81. The number of anilines is 1. The molecular formula is C28H37Cl2N9O2S. The Hall–Kier alpha value is -2.48. The minimum absolute atomic E-state index is 0. The van der Waals surface area contributed by atoms with Crippen LogP contribution in [0.4, 0.5) is 5.82 Å². The Labute approximate surface area is 261 Å². The van der Waals surface area contributed by atoms with E-state index in [1.54, 1.807) is 30.9 Å². The first kappa shape index (κ1) is 31.0. The summed E-state index contributed by atoms with van der Waals surface area (Å²) in [6.07, 6.45) is 13.3. The number of Topliss-reactive ketones (excluding diaryl/α,β-unsaturated/α-hetero) is 1. The summed E-state index contributed by atoms with van der Waals surface area (Å²) in [5, 5.41) is 7.46. The maximum atomic E-state index is 12.3. The van der Waals surface area contributed by atoms with Gasteiger partial charge in [-0.2, -0.15) is 0 Å². The maximum absolute atomic E-state index is 12.3. The van der Waals surface area contributed by atoms with Crippen LogP contribution in [0.15, 0.2) is 51.8 Å². The summed E-state index contributed by atoms with van der Waals surface area (Å²) in [5.41, 5.74) is 12.4. The standard InChI is InChI=1S/C28H36ClN9O2S.ClH/c1-17-19(39)13-27(24(17)30)6-10-38(11-7-27)21-15-35-22(16-34-21)41-20-4-8-32-25(23(20)29)28(31)5-9-33-26(37-28)36-14-18-3-2-12-40-18;/h4-5,8-9,15-18,24H,2-3,6-7,10-14,30-31H2,1H3,(H2,33,36,37);1H/t17-,18-,24+,28?;/m1./s1. The average Bonchev–Trinajstić information content (AvgIpc) is 3.57. The number of carbonyl (C=O) groups excluding carboxylic acids is 1. The molecule has 6 N–H and O–H groups in total. The third kappa shape index (κ3) is 6.11. The number of halogens is 2. The number of guanidine groups is 1. The third-order valence-corrected chi connectivity index (χ3v) is 10.3. The molecule has 2 aromatic heterocycles. The number of rotatable bonds is 6. The lowest BCUT2D eigenvalue weighted by molar-refractivity contribution is -0.120. The summed E-state index contributed by atoms with van der Waals surface area (Å²) in [6.45, 7) is 4.91. The van der Waals surface area contributed by atoms with E-state index in [0.717, 1.165) is 56.1 Å². The largest absolute Gasteiger partial charge is 0.376 e. The molecular weight excluding hydrogens is 597 g/mol. The molecule has 4 atom stereocenters. The Morgan fingerprint density at radius 1 is 1.26 bits per heavy atom. The zero-order valence-corrected chi connectivity index (χ0v) is 25.9. The topological polar surface area (TPSA) is 157 Å². The van der Waals surface area contributed by atoms with Gasteiger partial charge in [-0.15, -0.1) is 12.4 Å². The van der Waals surface area contributed by atoms with Crippen LogP contribution >= 0.6 is 35.8 Å². The molecule has 4 aliphatic rings. The van der Waals surface area contributed by atoms with Crippen LogP contribution in [-0.4, -0.2) is 65.1 Å². The molecule has 1 spiro atoms. The van der Waals surface area contributed by atoms with Crippen LogP contribution in [0, 0.1) is 11.3 Å². The predicted molar refractivity (Wildman–Crippen MR) is 166 cm³/mol. The second-order valence-electron chi connectivity index (χ2n) is 11.4. The van der Waals surface area contributed by atoms with Gasteiger partial charge in [0, 0.05) is 55.4 Å². The van der Waals surface area contributed by atoms with E-state index < -0.39 is 5.66 Å². The Morgan fingerprint density at radius 2 is 2.07 bits per heavy atom. The van der Waals surface area contributed by atoms with Crippen LogP contribution in [0.3, 0.4) is 0 Å². The van der Waals surface area contributed by atoms with Gasteiger partial charge in [-0.05, 0) is 43.2 Å². The number of nitrogens with two attached hydrogens (primary N) is 2. The molecule has 42 heavy (non-hydrogen) atoms. The Morgan fingerprint density at radius 3 is 2.74 bits per heavy atom. The average molecular weight is 635 g/mol. The molecule has 2 saturated heterocycles. The first-order valence-electron chi connectivity index (χ1n) is 14.1. The lowest BCUT2D eigenvalue weighted by Crippen LogP contribution is -2.58. The van der Waals surface area contributed by atoms with Crippen molar-refractivity contribution in [3.63, 3.8) is 0 Å². The monoisotopic (exact) mass is 633 g/mol. The number of aromatic nitrogens is 3. The van der Waals surface area contributed by atoms with Gasteiger partial charge in [0.25, 0.3) is 0 Å². The van der Waals surface area contributed by atoms with E-state index in [4.69, 9.17) is 27.8 Å². The molecule has 11 nitrogen and oxygen atoms in total. The molecule has 0 bridgehead atoms. The number of carbonyl (C=O) groups is 1. The Balaban J connectivity index is 0.00000353. The molecule has 5 heterocycles. The fourth-order valence-corrected chi connectivity index (χ4v) is 7.34. The quantitative estimate of drug-likeness (QED) is 0.371. The van der Waals surface area contributed by atoms with Crippen molar-refractivity contribution in [2.24, 2.45) is 27.8 Å². The van der Waals surface area contributed by atoms with E-state index in [2.05, 4.69) is 35.5 Å². The highest BCUT2D eigenvalue weighted by Gasteiger charge is 2.50. The van der Waals surface area contributed by atoms with Crippen LogP contribution in [0.1, 0.15) is 44.7 Å². The molecule has 1 unspecified atom stereocenters. The summed E-state index contributed by atoms with van der Waals surface area (Å²) in [6, 6.07) is 1.77. The number of piperidine rings is 1. The fraction of sp³-hybridized carbons (Fsp3) is 0.536. The minimum atomic E-state index is -1.14. The molecule has 6 rings (SSSR count). The number of hydrogen-bond acceptors (Lipinski definition) is 10. The number of ketones is 1. The van der Waals surface area contributed by atoms with E-state index in [1.165, 1.54) is 11.8 Å². The van der Waals surface area contributed by atoms with Gasteiger partial charge in [0.15, 0.2) is 11.6 Å². The Bertz CT molecular complexity index is 1350. The van der Waals surface area contributed by atoms with Crippen molar-refractivity contribution in [2.75, 3.05) is 31.1 Å². The van der Waals surface area contributed by atoms with Gasteiger partial charge in [-0.3, -0.25) is 14.8 Å². The lowest BCUT2D eigenvalue weighted by Gasteiger charge is -2.42. The predicted octanol–water partition coefficient (Wildman–Crippen LogP) is 2.97. The normalized spacial score (nSPS) is 29.4. The minimum Gasteiger partial charge on any atom is -0.376 e. The van der Waals surface area contributed by atoms with Gasteiger partial charge in [-0.1, -0.05) is 30.3 Å². The Kier molecular flexibility index (Phi) is 9.31. The second kappa shape index (κ2) is 12.6. The van der Waals surface area contributed by atoms with Crippen LogP contribution in [-0.2, 0) is 15.2 Å². The first-order chi connectivity index (χ1) is 19.8. The van der Waals surface area contributed by atoms with Gasteiger partial charge in [-0.25, -0.2) is 9.97 Å². The highest BCUT2D eigenvalue weighted by atomic mass is 35.5. The highest BCUT2D eigenvalue weighted by molar-refractivity contribution is 7.99. The molecule has 3 aliphatic heterocycles. The number of pyridine rings is 1. The maximum Gasteiger partial charge on any atom is 0.197 e. The lowest BCUT2D eigenvalue weighted by atomic mass is 9.73. The van der Waals surface area contributed by atoms with Gasteiger partial charge in [0.2, 0.25) is 0 Å². The van der Waals surface area contributed by atoms with Crippen LogP contribution in [0.25, 0.3) is 0 Å². The van der Waals surface area contributed by atoms with Crippen molar-refractivity contribution in [3.8, 4) is 0 Å². The van der Waals surface area contributed by atoms with Gasteiger partial charge in [0.05, 0.1) is 30.1 Å². The fourth-order valence-electron chi connectivity index (χ4n) is 6.21. The molecule has 14 heteroatoms. The molecule has 0 amide bonds. The van der Waals surface area contributed by atoms with E-state index in [9.17, 15) is 4.79 Å². The zero-order valence-electron chi connectivity index (χ0n) is 23.5. The van der Waals surface area contributed by atoms with Crippen molar-refractivity contribution < 1.29 is 9.53 Å². The van der Waals surface area contributed by atoms with E-state index >= 15 is 0 Å². The van der Waals surface area contributed by atoms with Gasteiger partial charge < -0.3 is 31.7 Å². The summed E-state index contributed by atoms with van der Waals surface area (Å²) in [4.78, 5) is 33.7. The summed E-state index contributed by atoms with van der Waals surface area (Å²) in [7, 11) is 0. The number of nitrogens with zero attached hydrogens (tertiary/aromatic N) is 5. The molecule has 1 saturated carbocycles. The molecule has 0 radical (unpaired) electrons. The van der Waals surface area contributed by atoms with E-state index in [-0.39, 0.29) is 35.9 Å². The number of aliphatic imine (C=N–C) groups is 1. The number of ether oxygens (including phenoxy) is 1. The SMILES string of the molecule is C[C@@H]1C(=O)CC2(CCN(c3cnc(Sc4ccnc(C5(N)C=CNC(=NC[C@H]6CCCO6)N5)c4Cl)cn3)CC2)[C@H]1N.Cl. The van der Waals surface area contributed by atoms with Crippen molar-refractivity contribution in [2.45, 2.75) is 66.8 Å². The van der Waals surface area contributed by atoms with Crippen molar-refractivity contribution in [3.05, 3.63) is 47.6 Å². The van der Waals surface area contributed by atoms with Crippen LogP contribution in [0.5, 0.6) is 0 Å². The summed E-state index contributed by atoms with van der Waals surface area (Å²) < 4.78 is 5.67. The van der Waals surface area contributed by atoms with Crippen LogP contribution in [0.2, 0.25) is 5.02 Å². The zero-order chi connectivity index (χ0) is 28.6. The summed E-state index contributed by atoms with van der Waals surface area (Å²) >= 11 is 8.25. The number of nitrogens with one attached hydrogen (secondary N) is 2. The van der Waals surface area contributed by atoms with E-state index in [1.807, 2.05) is 13.0 Å². The second-order valence-corrected chi connectivity index (χ2v) is 12.8. The molecule has 3 fully saturated rings. The van der Waals surface area contributed by atoms with Crippen LogP contribution < -0.4 is 27.0 Å². The summed E-state index contributed by atoms with van der Waals surface area (Å²) in [5.74, 6) is 1.60. The van der Waals surface area contributed by atoms with Crippen molar-refractivity contribution >= 4 is 53.3 Å². The molecule has 0 aromatic carbocycles. The number of hydrogen-bond donors (Lipinski definition) is 4. The van der Waals surface area contributed by atoms with Crippen molar-refractivity contribution in [1.29, 1.82) is 0 Å². The molecule has 1 aliphatic carbocycles. The highest BCUT2D eigenvalue weighted by Crippen LogP contribution is 2.46.